The van der Waals surface area contributed by atoms with Crippen LogP contribution < -0.4 is 0 Å². The van der Waals surface area contributed by atoms with Gasteiger partial charge in [0.1, 0.15) is 5.82 Å². The van der Waals surface area contributed by atoms with Crippen LogP contribution in [0.25, 0.3) is 10.9 Å². The lowest BCUT2D eigenvalue weighted by molar-refractivity contribution is 0.0988. The third-order valence-corrected chi connectivity index (χ3v) is 6.74. The minimum absolute atomic E-state index is 0.159. The number of fused-ring (bicyclic) bond motifs is 3. The molecule has 0 saturated carbocycles. The standard InChI is InChI=1S/C24H25FN2/c1-16-4-3-5-19(10-16)24-8-9-27(2)15-20(24)12-17-11-18-13-21(25)6-7-22(18)26-23(17)14-24/h3-7,10-11,13,20H,8-9,12,14-15H2,1-2H3/t20-,24+/m1/s1. The highest BCUT2D eigenvalue weighted by atomic mass is 19.1. The first kappa shape index (κ1) is 16.9. The van der Waals surface area contributed by atoms with E-state index in [2.05, 4.69) is 49.2 Å². The zero-order valence-electron chi connectivity index (χ0n) is 16.0. The Morgan fingerprint density at radius 3 is 2.89 bits per heavy atom. The lowest BCUT2D eigenvalue weighted by atomic mass is 9.58. The normalized spacial score (nSPS) is 25.2. The number of halogens is 1. The maximum Gasteiger partial charge on any atom is 0.123 e. The van der Waals surface area contributed by atoms with Gasteiger partial charge in [0, 0.05) is 29.5 Å². The molecular weight excluding hydrogens is 335 g/mol. The Hall–Kier alpha value is -2.26. The van der Waals surface area contributed by atoms with Crippen LogP contribution in [0, 0.1) is 18.7 Å². The van der Waals surface area contributed by atoms with Gasteiger partial charge in [-0.3, -0.25) is 4.98 Å². The van der Waals surface area contributed by atoms with Gasteiger partial charge >= 0.3 is 0 Å². The molecule has 138 valence electrons. The summed E-state index contributed by atoms with van der Waals surface area (Å²) >= 11 is 0. The number of pyridine rings is 1. The van der Waals surface area contributed by atoms with E-state index in [9.17, 15) is 4.39 Å². The molecule has 1 aromatic heterocycles. The monoisotopic (exact) mass is 360 g/mol. The smallest absolute Gasteiger partial charge is 0.123 e. The van der Waals surface area contributed by atoms with Crippen molar-refractivity contribution in [2.45, 2.75) is 31.6 Å². The first-order chi connectivity index (χ1) is 13.0. The lowest BCUT2D eigenvalue weighted by Crippen LogP contribution is -2.53. The highest BCUT2D eigenvalue weighted by Crippen LogP contribution is 2.47. The second kappa shape index (κ2) is 6.13. The molecule has 2 nitrogen and oxygen atoms in total. The second-order valence-electron chi connectivity index (χ2n) is 8.55. The molecule has 5 rings (SSSR count). The molecule has 1 aliphatic carbocycles. The fourth-order valence-corrected chi connectivity index (χ4v) is 5.29. The van der Waals surface area contributed by atoms with Crippen LogP contribution in [-0.4, -0.2) is 30.0 Å². The molecule has 2 aromatic carbocycles. The van der Waals surface area contributed by atoms with E-state index in [1.807, 2.05) is 6.07 Å². The van der Waals surface area contributed by atoms with Crippen LogP contribution in [-0.2, 0) is 18.3 Å². The summed E-state index contributed by atoms with van der Waals surface area (Å²) in [4.78, 5) is 7.44. The minimum atomic E-state index is -0.188. The molecule has 0 spiro atoms. The van der Waals surface area contributed by atoms with Gasteiger partial charge in [0.25, 0.3) is 0 Å². The van der Waals surface area contributed by atoms with Crippen LogP contribution in [0.4, 0.5) is 4.39 Å². The molecular formula is C24H25FN2. The molecule has 27 heavy (non-hydrogen) atoms. The Labute approximate surface area is 160 Å². The number of piperidine rings is 1. The van der Waals surface area contributed by atoms with Gasteiger partial charge in [0.2, 0.25) is 0 Å². The summed E-state index contributed by atoms with van der Waals surface area (Å²) in [6.07, 6.45) is 3.17. The van der Waals surface area contributed by atoms with Gasteiger partial charge in [-0.15, -0.1) is 0 Å². The number of hydrogen-bond donors (Lipinski definition) is 0. The first-order valence-electron chi connectivity index (χ1n) is 9.87. The molecule has 1 fully saturated rings. The van der Waals surface area contributed by atoms with Crippen molar-refractivity contribution in [3.63, 3.8) is 0 Å². The summed E-state index contributed by atoms with van der Waals surface area (Å²) in [5.74, 6) is 0.380. The van der Waals surface area contributed by atoms with Gasteiger partial charge in [-0.25, -0.2) is 4.39 Å². The molecule has 1 saturated heterocycles. The molecule has 0 radical (unpaired) electrons. The van der Waals surface area contributed by atoms with Crippen molar-refractivity contribution in [2.75, 3.05) is 20.1 Å². The van der Waals surface area contributed by atoms with Crippen molar-refractivity contribution in [2.24, 2.45) is 5.92 Å². The summed E-state index contributed by atoms with van der Waals surface area (Å²) in [7, 11) is 2.23. The Balaban J connectivity index is 1.66. The number of benzene rings is 2. The van der Waals surface area contributed by atoms with Gasteiger partial charge < -0.3 is 4.90 Å². The van der Waals surface area contributed by atoms with Crippen LogP contribution in [0.15, 0.2) is 48.5 Å². The third kappa shape index (κ3) is 2.76. The predicted molar refractivity (Wildman–Crippen MR) is 108 cm³/mol. The number of hydrogen-bond acceptors (Lipinski definition) is 2. The fourth-order valence-electron chi connectivity index (χ4n) is 5.29. The Morgan fingerprint density at radius 2 is 2.04 bits per heavy atom. The van der Waals surface area contributed by atoms with Crippen molar-refractivity contribution in [3.05, 3.63) is 76.7 Å². The molecule has 0 amide bonds. The zero-order valence-corrected chi connectivity index (χ0v) is 16.0. The average molecular weight is 360 g/mol. The summed E-state index contributed by atoms with van der Waals surface area (Å²) in [5.41, 5.74) is 6.36. The topological polar surface area (TPSA) is 16.1 Å². The highest BCUT2D eigenvalue weighted by Gasteiger charge is 2.47. The quantitative estimate of drug-likeness (QED) is 0.627. The Kier molecular flexibility index (Phi) is 3.83. The lowest BCUT2D eigenvalue weighted by Gasteiger charge is -2.50. The minimum Gasteiger partial charge on any atom is -0.306 e. The fraction of sp³-hybridized carbons (Fsp3) is 0.375. The SMILES string of the molecule is Cc1cccc([C@@]23CCN(C)C[C@H]2Cc2cc4cc(F)ccc4nc2C3)c1. The molecule has 3 heteroatoms. The van der Waals surface area contributed by atoms with Gasteiger partial charge in [0.05, 0.1) is 5.52 Å². The number of likely N-dealkylation sites (tertiary alicyclic amines) is 1. The maximum absolute atomic E-state index is 13.7. The predicted octanol–water partition coefficient (Wildman–Crippen LogP) is 4.67. The van der Waals surface area contributed by atoms with E-state index in [-0.39, 0.29) is 11.2 Å². The Bertz CT molecular complexity index is 1030. The highest BCUT2D eigenvalue weighted by molar-refractivity contribution is 5.79. The van der Waals surface area contributed by atoms with Gasteiger partial charge in [-0.2, -0.15) is 0 Å². The molecule has 3 aromatic rings. The molecule has 0 bridgehead atoms. The van der Waals surface area contributed by atoms with Crippen molar-refractivity contribution in [1.29, 1.82) is 0 Å². The van der Waals surface area contributed by atoms with E-state index >= 15 is 0 Å². The Morgan fingerprint density at radius 1 is 1.15 bits per heavy atom. The largest absolute Gasteiger partial charge is 0.306 e. The van der Waals surface area contributed by atoms with Crippen LogP contribution in [0.5, 0.6) is 0 Å². The van der Waals surface area contributed by atoms with Crippen molar-refractivity contribution < 1.29 is 4.39 Å². The maximum atomic E-state index is 13.7. The van der Waals surface area contributed by atoms with E-state index in [1.54, 1.807) is 6.07 Å². The molecule has 0 unspecified atom stereocenters. The number of rotatable bonds is 1. The third-order valence-electron chi connectivity index (χ3n) is 6.74. The first-order valence-corrected chi connectivity index (χ1v) is 9.87. The van der Waals surface area contributed by atoms with Gasteiger partial charge in [-0.1, -0.05) is 29.8 Å². The zero-order chi connectivity index (χ0) is 18.6. The average Bonchev–Trinajstić information content (AvgIpc) is 2.65. The van der Waals surface area contributed by atoms with Gasteiger partial charge in [-0.05, 0) is 74.7 Å². The summed E-state index contributed by atoms with van der Waals surface area (Å²) in [6.45, 7) is 4.41. The van der Waals surface area contributed by atoms with E-state index in [4.69, 9.17) is 4.98 Å². The molecule has 0 N–H and O–H groups in total. The number of aromatic nitrogens is 1. The summed E-state index contributed by atoms with van der Waals surface area (Å²) in [6, 6.07) is 16.2. The van der Waals surface area contributed by atoms with Crippen LogP contribution >= 0.6 is 0 Å². The van der Waals surface area contributed by atoms with E-state index < -0.39 is 0 Å². The van der Waals surface area contributed by atoms with E-state index in [1.165, 1.54) is 34.9 Å². The van der Waals surface area contributed by atoms with E-state index in [0.717, 1.165) is 36.8 Å². The van der Waals surface area contributed by atoms with Gasteiger partial charge in [0.15, 0.2) is 0 Å². The van der Waals surface area contributed by atoms with E-state index in [0.29, 0.717) is 5.92 Å². The van der Waals surface area contributed by atoms with Crippen molar-refractivity contribution in [1.82, 2.24) is 9.88 Å². The summed E-state index contributed by atoms with van der Waals surface area (Å²) in [5, 5.41) is 0.918. The summed E-state index contributed by atoms with van der Waals surface area (Å²) < 4.78 is 13.7. The number of aryl methyl sites for hydroxylation is 1. The second-order valence-corrected chi connectivity index (χ2v) is 8.55. The van der Waals surface area contributed by atoms with Crippen molar-refractivity contribution in [3.8, 4) is 0 Å². The molecule has 2 aliphatic rings. The van der Waals surface area contributed by atoms with Crippen LogP contribution in [0.2, 0.25) is 0 Å². The van der Waals surface area contributed by atoms with Crippen molar-refractivity contribution >= 4 is 10.9 Å². The number of nitrogens with zero attached hydrogens (tertiary/aromatic N) is 2. The molecule has 2 atom stereocenters. The molecule has 2 heterocycles. The van der Waals surface area contributed by atoms with Crippen LogP contribution in [0.1, 0.15) is 28.8 Å². The van der Waals surface area contributed by atoms with Crippen LogP contribution in [0.3, 0.4) is 0 Å². The molecule has 1 aliphatic heterocycles.